The van der Waals surface area contributed by atoms with Crippen molar-refractivity contribution in [2.45, 2.75) is 45.3 Å². The summed E-state index contributed by atoms with van der Waals surface area (Å²) in [4.78, 5) is 16.5. The zero-order valence-corrected chi connectivity index (χ0v) is 13.5. The Bertz CT molecular complexity index is 630. The number of aromatic nitrogens is 1. The van der Waals surface area contributed by atoms with E-state index in [1.54, 1.807) is 11.3 Å². The van der Waals surface area contributed by atoms with Crippen LogP contribution in [0.25, 0.3) is 0 Å². The van der Waals surface area contributed by atoms with Crippen LogP contribution in [0.1, 0.15) is 46.7 Å². The highest BCUT2D eigenvalue weighted by molar-refractivity contribution is 7.09. The van der Waals surface area contributed by atoms with Gasteiger partial charge in [0.1, 0.15) is 17.4 Å². The average Bonchev–Trinajstić information content (AvgIpc) is 3.17. The first-order valence-corrected chi connectivity index (χ1v) is 8.53. The molecule has 0 atom stereocenters. The van der Waals surface area contributed by atoms with E-state index in [-0.39, 0.29) is 5.91 Å². The third-order valence-electron chi connectivity index (χ3n) is 3.84. The van der Waals surface area contributed by atoms with E-state index < -0.39 is 0 Å². The normalized spacial score (nSPS) is 15.0. The first-order valence-electron chi connectivity index (χ1n) is 7.65. The van der Waals surface area contributed by atoms with Crippen LogP contribution in [0.5, 0.6) is 5.75 Å². The number of carbonyl (C=O) groups excluding carboxylic acids is 1. The quantitative estimate of drug-likeness (QED) is 0.915. The summed E-state index contributed by atoms with van der Waals surface area (Å²) in [5.41, 5.74) is 1.70. The van der Waals surface area contributed by atoms with E-state index in [4.69, 9.17) is 4.74 Å². The van der Waals surface area contributed by atoms with Crippen molar-refractivity contribution in [3.05, 3.63) is 45.9 Å². The zero-order chi connectivity index (χ0) is 15.4. The SMILES string of the molecule is Cc1csc(COc2ccc(C(=O)NC3CCCC3)cc2)n1. The number of ether oxygens (including phenoxy) is 1. The fraction of sp³-hybridized carbons (Fsp3) is 0.412. The van der Waals surface area contributed by atoms with Gasteiger partial charge in [0.05, 0.1) is 0 Å². The lowest BCUT2D eigenvalue weighted by molar-refractivity contribution is 0.0938. The Morgan fingerprint density at radius 1 is 1.32 bits per heavy atom. The van der Waals surface area contributed by atoms with Crippen LogP contribution in [0.2, 0.25) is 0 Å². The van der Waals surface area contributed by atoms with Gasteiger partial charge in [-0.05, 0) is 44.0 Å². The molecule has 1 N–H and O–H groups in total. The molecular weight excluding hydrogens is 296 g/mol. The van der Waals surface area contributed by atoms with Gasteiger partial charge in [0.15, 0.2) is 0 Å². The van der Waals surface area contributed by atoms with Crippen molar-refractivity contribution in [1.29, 1.82) is 0 Å². The van der Waals surface area contributed by atoms with E-state index >= 15 is 0 Å². The first kappa shape index (κ1) is 15.0. The fourth-order valence-electron chi connectivity index (χ4n) is 2.66. The second-order valence-electron chi connectivity index (χ2n) is 5.65. The molecule has 0 unspecified atom stereocenters. The minimum atomic E-state index is 0.00833. The lowest BCUT2D eigenvalue weighted by Crippen LogP contribution is -2.32. The molecule has 22 heavy (non-hydrogen) atoms. The maximum Gasteiger partial charge on any atom is 0.251 e. The third kappa shape index (κ3) is 3.85. The van der Waals surface area contributed by atoms with Gasteiger partial charge in [0, 0.05) is 22.7 Å². The van der Waals surface area contributed by atoms with Crippen LogP contribution >= 0.6 is 11.3 Å². The van der Waals surface area contributed by atoms with Crippen LogP contribution in [-0.4, -0.2) is 16.9 Å². The Kier molecular flexibility index (Phi) is 4.73. The molecule has 1 aliphatic carbocycles. The summed E-state index contributed by atoms with van der Waals surface area (Å²) in [5, 5.41) is 6.06. The summed E-state index contributed by atoms with van der Waals surface area (Å²) in [7, 11) is 0. The summed E-state index contributed by atoms with van der Waals surface area (Å²) in [5.74, 6) is 0.763. The molecule has 0 radical (unpaired) electrons. The van der Waals surface area contributed by atoms with Crippen LogP contribution in [0.3, 0.4) is 0 Å². The third-order valence-corrected chi connectivity index (χ3v) is 4.78. The lowest BCUT2D eigenvalue weighted by Gasteiger charge is -2.12. The van der Waals surface area contributed by atoms with Gasteiger partial charge in [0.2, 0.25) is 0 Å². The Hall–Kier alpha value is -1.88. The number of hydrogen-bond donors (Lipinski definition) is 1. The monoisotopic (exact) mass is 316 g/mol. The predicted molar refractivity (Wildman–Crippen MR) is 87.3 cm³/mol. The largest absolute Gasteiger partial charge is 0.486 e. The van der Waals surface area contributed by atoms with E-state index in [1.165, 1.54) is 12.8 Å². The molecule has 1 heterocycles. The van der Waals surface area contributed by atoms with Gasteiger partial charge >= 0.3 is 0 Å². The number of carbonyl (C=O) groups is 1. The van der Waals surface area contributed by atoms with Crippen molar-refractivity contribution in [3.8, 4) is 5.75 Å². The Labute approximate surface area is 134 Å². The molecule has 1 aliphatic rings. The van der Waals surface area contributed by atoms with Gasteiger partial charge in [-0.3, -0.25) is 4.79 Å². The second-order valence-corrected chi connectivity index (χ2v) is 6.59. The van der Waals surface area contributed by atoms with Crippen molar-refractivity contribution in [3.63, 3.8) is 0 Å². The highest BCUT2D eigenvalue weighted by Gasteiger charge is 2.17. The van der Waals surface area contributed by atoms with Crippen LogP contribution in [-0.2, 0) is 6.61 Å². The number of rotatable bonds is 5. The smallest absolute Gasteiger partial charge is 0.251 e. The van der Waals surface area contributed by atoms with Crippen LogP contribution in [0.4, 0.5) is 0 Å². The molecule has 0 bridgehead atoms. The number of benzene rings is 1. The van der Waals surface area contributed by atoms with Gasteiger partial charge in [0.25, 0.3) is 5.91 Å². The molecule has 4 nitrogen and oxygen atoms in total. The van der Waals surface area contributed by atoms with E-state index in [2.05, 4.69) is 10.3 Å². The van der Waals surface area contributed by atoms with Crippen molar-refractivity contribution in [1.82, 2.24) is 10.3 Å². The molecule has 3 rings (SSSR count). The van der Waals surface area contributed by atoms with E-state index in [0.29, 0.717) is 18.2 Å². The maximum absolute atomic E-state index is 12.1. The molecule has 5 heteroatoms. The zero-order valence-electron chi connectivity index (χ0n) is 12.7. The van der Waals surface area contributed by atoms with Gasteiger partial charge in [-0.1, -0.05) is 12.8 Å². The summed E-state index contributed by atoms with van der Waals surface area (Å²) in [6.07, 6.45) is 4.63. The Morgan fingerprint density at radius 2 is 2.05 bits per heavy atom. The second kappa shape index (κ2) is 6.92. The average molecular weight is 316 g/mol. The Morgan fingerprint density at radius 3 is 2.68 bits per heavy atom. The number of amides is 1. The number of aryl methyl sites for hydroxylation is 1. The summed E-state index contributed by atoms with van der Waals surface area (Å²) >= 11 is 1.59. The molecular formula is C17H20N2O2S. The highest BCUT2D eigenvalue weighted by atomic mass is 32.1. The van der Waals surface area contributed by atoms with Crippen molar-refractivity contribution in [2.75, 3.05) is 0 Å². The van der Waals surface area contributed by atoms with Crippen molar-refractivity contribution < 1.29 is 9.53 Å². The van der Waals surface area contributed by atoms with Crippen LogP contribution in [0, 0.1) is 6.92 Å². The van der Waals surface area contributed by atoms with Gasteiger partial charge in [-0.25, -0.2) is 4.98 Å². The summed E-state index contributed by atoms with van der Waals surface area (Å²) in [6, 6.07) is 7.64. The molecule has 1 fully saturated rings. The number of hydrogen-bond acceptors (Lipinski definition) is 4. The van der Waals surface area contributed by atoms with Crippen LogP contribution in [0.15, 0.2) is 29.6 Å². The molecule has 1 aromatic heterocycles. The number of nitrogens with zero attached hydrogens (tertiary/aromatic N) is 1. The highest BCUT2D eigenvalue weighted by Crippen LogP contribution is 2.19. The fourth-order valence-corrected chi connectivity index (χ4v) is 3.34. The van der Waals surface area contributed by atoms with E-state index in [9.17, 15) is 4.79 Å². The van der Waals surface area contributed by atoms with E-state index in [0.717, 1.165) is 29.3 Å². The topological polar surface area (TPSA) is 51.2 Å². The predicted octanol–water partition coefficient (Wildman–Crippen LogP) is 3.70. The molecule has 1 saturated carbocycles. The molecule has 2 aromatic rings. The Balaban J connectivity index is 1.54. The lowest BCUT2D eigenvalue weighted by atomic mass is 10.1. The molecule has 1 amide bonds. The molecule has 1 aromatic carbocycles. The maximum atomic E-state index is 12.1. The minimum Gasteiger partial charge on any atom is -0.486 e. The molecule has 0 spiro atoms. The minimum absolute atomic E-state index is 0.00833. The van der Waals surface area contributed by atoms with Gasteiger partial charge in [-0.2, -0.15) is 0 Å². The van der Waals surface area contributed by atoms with Gasteiger partial charge in [-0.15, -0.1) is 11.3 Å². The van der Waals surface area contributed by atoms with Crippen molar-refractivity contribution in [2.24, 2.45) is 0 Å². The van der Waals surface area contributed by atoms with E-state index in [1.807, 2.05) is 36.6 Å². The molecule has 0 aliphatic heterocycles. The summed E-state index contributed by atoms with van der Waals surface area (Å²) < 4.78 is 5.69. The van der Waals surface area contributed by atoms with Crippen molar-refractivity contribution >= 4 is 17.2 Å². The van der Waals surface area contributed by atoms with Gasteiger partial charge < -0.3 is 10.1 Å². The molecule has 116 valence electrons. The standard InChI is InChI=1S/C17H20N2O2S/c1-12-11-22-16(18-12)10-21-15-8-6-13(7-9-15)17(20)19-14-4-2-3-5-14/h6-9,11,14H,2-5,10H2,1H3,(H,19,20). The summed E-state index contributed by atoms with van der Waals surface area (Å²) in [6.45, 7) is 2.43. The molecule has 0 saturated heterocycles. The number of nitrogens with one attached hydrogen (secondary N) is 1. The van der Waals surface area contributed by atoms with Crippen LogP contribution < -0.4 is 10.1 Å². The number of thiazole rings is 1. The first-order chi connectivity index (χ1) is 10.7.